The van der Waals surface area contributed by atoms with Crippen molar-refractivity contribution < 1.29 is 9.13 Å². The van der Waals surface area contributed by atoms with Crippen LogP contribution in [0.1, 0.15) is 5.56 Å². The van der Waals surface area contributed by atoms with Crippen molar-refractivity contribution in [3.63, 3.8) is 0 Å². The molecule has 3 aromatic rings. The molecule has 3 N–H and O–H groups in total. The van der Waals surface area contributed by atoms with Crippen molar-refractivity contribution in [1.29, 1.82) is 0 Å². The number of ether oxygens (including phenoxy) is 1. The normalized spacial score (nSPS) is 10.5. The van der Waals surface area contributed by atoms with Gasteiger partial charge in [0, 0.05) is 11.6 Å². The molecule has 3 rings (SSSR count). The van der Waals surface area contributed by atoms with E-state index >= 15 is 0 Å². The first-order valence-electron chi connectivity index (χ1n) is 6.50. The molecule has 106 valence electrons. The zero-order valence-electron chi connectivity index (χ0n) is 11.2. The maximum atomic E-state index is 14.1. The quantitative estimate of drug-likeness (QED) is 0.771. The third-order valence-electron chi connectivity index (χ3n) is 3.08. The highest BCUT2D eigenvalue weighted by Crippen LogP contribution is 2.25. The van der Waals surface area contributed by atoms with Gasteiger partial charge in [-0.3, -0.25) is 5.10 Å². The number of rotatable bonds is 4. The van der Waals surface area contributed by atoms with Crippen molar-refractivity contribution in [2.45, 2.75) is 6.61 Å². The molecule has 4 nitrogen and oxygen atoms in total. The van der Waals surface area contributed by atoms with E-state index in [1.165, 1.54) is 6.07 Å². The van der Waals surface area contributed by atoms with Crippen molar-refractivity contribution in [2.75, 3.05) is 5.73 Å². The van der Waals surface area contributed by atoms with Crippen molar-refractivity contribution in [1.82, 2.24) is 10.2 Å². The molecule has 0 amide bonds. The van der Waals surface area contributed by atoms with Crippen LogP contribution in [0.3, 0.4) is 0 Å². The van der Waals surface area contributed by atoms with Crippen LogP contribution in [-0.2, 0) is 6.61 Å². The Labute approximate surface area is 121 Å². The standard InChI is InChI=1S/C16H14FN3O/c17-13-8-12(14-9-16(18)20-19-14)6-7-15(13)21-10-11-4-2-1-3-5-11/h1-9H,10H2,(H3,18,19,20). The van der Waals surface area contributed by atoms with Crippen molar-refractivity contribution in [3.05, 3.63) is 66.0 Å². The second-order valence-corrected chi connectivity index (χ2v) is 4.63. The van der Waals surface area contributed by atoms with Crippen molar-refractivity contribution in [3.8, 4) is 17.0 Å². The average molecular weight is 283 g/mol. The fourth-order valence-electron chi connectivity index (χ4n) is 2.01. The number of nitrogens with zero attached hydrogens (tertiary/aromatic N) is 1. The fourth-order valence-corrected chi connectivity index (χ4v) is 2.01. The summed E-state index contributed by atoms with van der Waals surface area (Å²) in [5.74, 6) is 0.168. The molecule has 0 saturated carbocycles. The summed E-state index contributed by atoms with van der Waals surface area (Å²) in [5.41, 5.74) is 7.86. The molecule has 0 aliphatic rings. The number of aromatic amines is 1. The first-order valence-corrected chi connectivity index (χ1v) is 6.50. The van der Waals surface area contributed by atoms with E-state index in [4.69, 9.17) is 10.5 Å². The Morgan fingerprint density at radius 3 is 2.57 bits per heavy atom. The number of halogens is 1. The third-order valence-corrected chi connectivity index (χ3v) is 3.08. The molecule has 0 aliphatic carbocycles. The van der Waals surface area contributed by atoms with Crippen LogP contribution in [0.5, 0.6) is 5.75 Å². The minimum absolute atomic E-state index is 0.218. The highest BCUT2D eigenvalue weighted by molar-refractivity contribution is 5.62. The largest absolute Gasteiger partial charge is 0.486 e. The van der Waals surface area contributed by atoms with E-state index < -0.39 is 5.82 Å². The summed E-state index contributed by atoms with van der Waals surface area (Å²) in [7, 11) is 0. The van der Waals surface area contributed by atoms with Gasteiger partial charge in [0.1, 0.15) is 12.4 Å². The summed E-state index contributed by atoms with van der Waals surface area (Å²) < 4.78 is 19.5. The van der Waals surface area contributed by atoms with Gasteiger partial charge >= 0.3 is 0 Å². The first-order chi connectivity index (χ1) is 10.2. The number of nitrogens with two attached hydrogens (primary N) is 1. The van der Waals surface area contributed by atoms with E-state index in [0.29, 0.717) is 23.7 Å². The second-order valence-electron chi connectivity index (χ2n) is 4.63. The fraction of sp³-hybridized carbons (Fsp3) is 0.0625. The van der Waals surface area contributed by atoms with Crippen LogP contribution in [0.25, 0.3) is 11.3 Å². The van der Waals surface area contributed by atoms with Gasteiger partial charge in [0.25, 0.3) is 0 Å². The van der Waals surface area contributed by atoms with Crippen LogP contribution >= 0.6 is 0 Å². The van der Waals surface area contributed by atoms with Crippen LogP contribution in [0, 0.1) is 5.82 Å². The van der Waals surface area contributed by atoms with E-state index in [1.54, 1.807) is 18.2 Å². The molecule has 0 radical (unpaired) electrons. The Morgan fingerprint density at radius 1 is 1.10 bits per heavy atom. The molecule has 1 heterocycles. The third kappa shape index (κ3) is 3.02. The Kier molecular flexibility index (Phi) is 3.55. The highest BCUT2D eigenvalue weighted by atomic mass is 19.1. The Hall–Kier alpha value is -2.82. The number of aromatic nitrogens is 2. The lowest BCUT2D eigenvalue weighted by atomic mass is 10.1. The molecule has 0 fully saturated rings. The van der Waals surface area contributed by atoms with Gasteiger partial charge in [-0.05, 0) is 23.8 Å². The number of nitrogens with one attached hydrogen (secondary N) is 1. The average Bonchev–Trinajstić information content (AvgIpc) is 2.93. The van der Waals surface area contributed by atoms with E-state index in [-0.39, 0.29) is 5.75 Å². The summed E-state index contributed by atoms with van der Waals surface area (Å²) in [6.07, 6.45) is 0. The van der Waals surface area contributed by atoms with Gasteiger partial charge in [0.2, 0.25) is 0 Å². The Bertz CT molecular complexity index is 740. The van der Waals surface area contributed by atoms with Crippen molar-refractivity contribution in [2.24, 2.45) is 0 Å². The molecule has 0 atom stereocenters. The van der Waals surface area contributed by atoms with Gasteiger partial charge in [-0.15, -0.1) is 0 Å². The van der Waals surface area contributed by atoms with Crippen LogP contribution in [-0.4, -0.2) is 10.2 Å². The summed E-state index contributed by atoms with van der Waals surface area (Å²) in [5, 5.41) is 6.56. The predicted octanol–water partition coefficient (Wildman–Crippen LogP) is 3.38. The highest BCUT2D eigenvalue weighted by Gasteiger charge is 2.08. The Balaban J connectivity index is 1.75. The van der Waals surface area contributed by atoms with E-state index in [9.17, 15) is 4.39 Å². The topological polar surface area (TPSA) is 63.9 Å². The van der Waals surface area contributed by atoms with Gasteiger partial charge in [-0.2, -0.15) is 5.10 Å². The first kappa shape index (κ1) is 13.2. The lowest BCUT2D eigenvalue weighted by molar-refractivity contribution is 0.290. The summed E-state index contributed by atoms with van der Waals surface area (Å²) in [6.45, 7) is 0.327. The maximum absolute atomic E-state index is 14.1. The van der Waals surface area contributed by atoms with Gasteiger partial charge in [0.15, 0.2) is 11.6 Å². The van der Waals surface area contributed by atoms with Gasteiger partial charge < -0.3 is 10.5 Å². The molecule has 1 aromatic heterocycles. The smallest absolute Gasteiger partial charge is 0.165 e. The number of benzene rings is 2. The minimum Gasteiger partial charge on any atom is -0.486 e. The number of H-pyrrole nitrogens is 1. The molecule has 2 aromatic carbocycles. The van der Waals surface area contributed by atoms with E-state index in [0.717, 1.165) is 5.56 Å². The van der Waals surface area contributed by atoms with E-state index in [1.807, 2.05) is 30.3 Å². The predicted molar refractivity (Wildman–Crippen MR) is 79.2 cm³/mol. The molecule has 5 heteroatoms. The van der Waals surface area contributed by atoms with Crippen LogP contribution in [0.15, 0.2) is 54.6 Å². The second kappa shape index (κ2) is 5.66. The summed E-state index contributed by atoms with van der Waals surface area (Å²) >= 11 is 0. The lowest BCUT2D eigenvalue weighted by Crippen LogP contribution is -1.97. The van der Waals surface area contributed by atoms with Crippen LogP contribution in [0.2, 0.25) is 0 Å². The molecule has 0 unspecified atom stereocenters. The maximum Gasteiger partial charge on any atom is 0.165 e. The van der Waals surface area contributed by atoms with Gasteiger partial charge in [0.05, 0.1) is 5.69 Å². The summed E-state index contributed by atoms with van der Waals surface area (Å²) in [4.78, 5) is 0. The van der Waals surface area contributed by atoms with Crippen LogP contribution < -0.4 is 10.5 Å². The number of nitrogen functional groups attached to an aromatic ring is 1. The van der Waals surface area contributed by atoms with Gasteiger partial charge in [-0.1, -0.05) is 30.3 Å². The SMILES string of the molecule is Nc1cc(-c2ccc(OCc3ccccc3)c(F)c2)[nH]n1. The minimum atomic E-state index is -0.420. The van der Waals surface area contributed by atoms with Gasteiger partial charge in [-0.25, -0.2) is 4.39 Å². The zero-order valence-corrected chi connectivity index (χ0v) is 11.2. The monoisotopic (exact) mass is 283 g/mol. The zero-order chi connectivity index (χ0) is 14.7. The Morgan fingerprint density at radius 2 is 1.90 bits per heavy atom. The molecule has 0 bridgehead atoms. The lowest BCUT2D eigenvalue weighted by Gasteiger charge is -2.08. The number of hydrogen-bond acceptors (Lipinski definition) is 3. The summed E-state index contributed by atoms with van der Waals surface area (Å²) in [6, 6.07) is 16.0. The molecule has 0 aliphatic heterocycles. The molecule has 0 saturated heterocycles. The van der Waals surface area contributed by atoms with Crippen LogP contribution in [0.4, 0.5) is 10.2 Å². The molecular formula is C16H14FN3O. The van der Waals surface area contributed by atoms with E-state index in [2.05, 4.69) is 10.2 Å². The molecule has 0 spiro atoms. The van der Waals surface area contributed by atoms with Crippen molar-refractivity contribution >= 4 is 5.82 Å². The molecular weight excluding hydrogens is 269 g/mol. The number of anilines is 1. The number of hydrogen-bond donors (Lipinski definition) is 2. The molecule has 21 heavy (non-hydrogen) atoms.